The fraction of sp³-hybridized carbons (Fsp3) is 0.250. The largest absolute Gasteiger partial charge is 0.497 e. The maximum Gasteiger partial charge on any atom is 0.285 e. The Bertz CT molecular complexity index is 1200. The summed E-state index contributed by atoms with van der Waals surface area (Å²) in [4.78, 5) is 33.7. The number of imide groups is 1. The van der Waals surface area contributed by atoms with Gasteiger partial charge in [0.25, 0.3) is 5.24 Å². The molecular formula is C24H23BN4O5S. The van der Waals surface area contributed by atoms with E-state index < -0.39 is 15.8 Å². The van der Waals surface area contributed by atoms with Crippen LogP contribution in [-0.2, 0) is 11.2 Å². The Morgan fingerprint density at radius 1 is 1.03 bits per heavy atom. The number of nitrogens with zero attached hydrogens (tertiary/aromatic N) is 3. The second-order valence-corrected chi connectivity index (χ2v) is 9.12. The molecule has 2 amide bonds. The molecule has 9 nitrogen and oxygen atoms in total. The van der Waals surface area contributed by atoms with Gasteiger partial charge >= 0.3 is 0 Å². The summed E-state index contributed by atoms with van der Waals surface area (Å²) >= 11 is 0.810. The highest BCUT2D eigenvalue weighted by atomic mass is 32.2. The molecule has 2 aromatic carbocycles. The van der Waals surface area contributed by atoms with Crippen molar-refractivity contribution >= 4 is 36.6 Å². The van der Waals surface area contributed by atoms with Gasteiger partial charge in [-0.05, 0) is 48.4 Å². The summed E-state index contributed by atoms with van der Waals surface area (Å²) in [6.07, 6.45) is 1.69. The van der Waals surface area contributed by atoms with Gasteiger partial charge in [0, 0.05) is 13.1 Å². The first-order valence-electron chi connectivity index (χ1n) is 10.7. The predicted octanol–water partition coefficient (Wildman–Crippen LogP) is 3.18. The standard InChI is InChI=1S/C24H23BN4O5S/c1-29(20-13-21(27-15-26-20)34-19-9-7-17(32-2)8-10-19)11-12-33-18-5-3-16(4-6-18)14-24(25)22(30)28-23(31)35-24/h3-10,13,15H,11-12,14H2,1-2H3,(H,28,30,31)/t24-/m0/s1. The number of methoxy groups -OCH3 is 1. The van der Waals surface area contributed by atoms with E-state index >= 15 is 0 Å². The smallest absolute Gasteiger partial charge is 0.285 e. The Labute approximate surface area is 208 Å². The topological polar surface area (TPSA) is 103 Å². The molecule has 0 spiro atoms. The van der Waals surface area contributed by atoms with Crippen molar-refractivity contribution < 1.29 is 23.8 Å². The number of ether oxygens (including phenoxy) is 3. The third kappa shape index (κ3) is 6.24. The number of hydrogen-bond donors (Lipinski definition) is 1. The molecule has 4 rings (SSSR count). The minimum atomic E-state index is -1.28. The number of anilines is 1. The summed E-state index contributed by atoms with van der Waals surface area (Å²) in [5.74, 6) is 2.71. The number of carbonyl (C=O) groups excluding carboxylic acids is 2. The van der Waals surface area contributed by atoms with Gasteiger partial charge in [0.2, 0.25) is 11.8 Å². The molecule has 2 heterocycles. The lowest BCUT2D eigenvalue weighted by Gasteiger charge is -2.20. The summed E-state index contributed by atoms with van der Waals surface area (Å²) in [5.41, 5.74) is 0.833. The normalized spacial score (nSPS) is 17.1. The number of nitrogens with one attached hydrogen (secondary N) is 1. The zero-order valence-corrected chi connectivity index (χ0v) is 20.1. The highest BCUT2D eigenvalue weighted by Gasteiger charge is 2.42. The zero-order chi connectivity index (χ0) is 24.8. The van der Waals surface area contributed by atoms with E-state index in [0.717, 1.165) is 23.1 Å². The van der Waals surface area contributed by atoms with E-state index in [0.29, 0.717) is 36.3 Å². The van der Waals surface area contributed by atoms with E-state index in [1.807, 2.05) is 48.3 Å². The molecule has 11 heteroatoms. The number of hydrogen-bond acceptors (Lipinski definition) is 9. The summed E-state index contributed by atoms with van der Waals surface area (Å²) in [6, 6.07) is 16.3. The van der Waals surface area contributed by atoms with Gasteiger partial charge in [-0.3, -0.25) is 14.9 Å². The fourth-order valence-corrected chi connectivity index (χ4v) is 4.19. The van der Waals surface area contributed by atoms with Crippen molar-refractivity contribution in [3.8, 4) is 23.1 Å². The van der Waals surface area contributed by atoms with Gasteiger partial charge in [-0.25, -0.2) is 9.97 Å². The Balaban J connectivity index is 1.27. The lowest BCUT2D eigenvalue weighted by atomic mass is 9.80. The highest BCUT2D eigenvalue weighted by molar-refractivity contribution is 8.17. The molecule has 1 atom stereocenters. The zero-order valence-electron chi connectivity index (χ0n) is 19.3. The molecule has 1 aromatic heterocycles. The first-order chi connectivity index (χ1) is 16.8. The lowest BCUT2D eigenvalue weighted by Crippen LogP contribution is -2.38. The van der Waals surface area contributed by atoms with Crippen LogP contribution in [0.1, 0.15) is 5.56 Å². The number of rotatable bonds is 10. The average molecular weight is 490 g/mol. The third-order valence-corrected chi connectivity index (χ3v) is 6.24. The predicted molar refractivity (Wildman–Crippen MR) is 134 cm³/mol. The fourth-order valence-electron chi connectivity index (χ4n) is 3.33. The van der Waals surface area contributed by atoms with Crippen LogP contribution < -0.4 is 24.4 Å². The van der Waals surface area contributed by atoms with Crippen molar-refractivity contribution in [3.63, 3.8) is 0 Å². The van der Waals surface area contributed by atoms with Crippen molar-refractivity contribution in [2.24, 2.45) is 0 Å². The quantitative estimate of drug-likeness (QED) is 0.429. The van der Waals surface area contributed by atoms with E-state index in [-0.39, 0.29) is 6.42 Å². The van der Waals surface area contributed by atoms with E-state index in [2.05, 4.69) is 15.3 Å². The molecule has 1 N–H and O–H groups in total. The second-order valence-electron chi connectivity index (χ2n) is 7.82. The van der Waals surface area contributed by atoms with Crippen LogP contribution in [0.3, 0.4) is 0 Å². The van der Waals surface area contributed by atoms with Crippen molar-refractivity contribution in [3.05, 3.63) is 66.5 Å². The minimum Gasteiger partial charge on any atom is -0.497 e. The van der Waals surface area contributed by atoms with Crippen molar-refractivity contribution in [1.82, 2.24) is 15.3 Å². The molecule has 0 bridgehead atoms. The van der Waals surface area contributed by atoms with E-state index in [1.165, 1.54) is 6.33 Å². The molecule has 178 valence electrons. The van der Waals surface area contributed by atoms with Gasteiger partial charge in [0.1, 0.15) is 43.8 Å². The van der Waals surface area contributed by atoms with Crippen molar-refractivity contribution in [2.75, 3.05) is 32.2 Å². The van der Waals surface area contributed by atoms with Gasteiger partial charge in [-0.1, -0.05) is 23.9 Å². The van der Waals surface area contributed by atoms with Crippen molar-refractivity contribution in [1.29, 1.82) is 0 Å². The lowest BCUT2D eigenvalue weighted by molar-refractivity contribution is -0.119. The first kappa shape index (κ1) is 24.4. The number of benzene rings is 2. The van der Waals surface area contributed by atoms with Crippen LogP contribution in [0.2, 0.25) is 0 Å². The molecule has 1 aliphatic rings. The number of aromatic nitrogens is 2. The van der Waals surface area contributed by atoms with Gasteiger partial charge in [0.15, 0.2) is 0 Å². The van der Waals surface area contributed by atoms with Crippen LogP contribution >= 0.6 is 11.8 Å². The van der Waals surface area contributed by atoms with E-state index in [4.69, 9.17) is 22.1 Å². The highest BCUT2D eigenvalue weighted by Crippen LogP contribution is 2.32. The summed E-state index contributed by atoms with van der Waals surface area (Å²) in [7, 11) is 9.58. The molecule has 35 heavy (non-hydrogen) atoms. The van der Waals surface area contributed by atoms with E-state index in [1.54, 1.807) is 25.3 Å². The summed E-state index contributed by atoms with van der Waals surface area (Å²) in [6.45, 7) is 0.994. The molecule has 0 saturated carbocycles. The molecule has 1 aliphatic heterocycles. The molecule has 0 unspecified atom stereocenters. The van der Waals surface area contributed by atoms with Gasteiger partial charge in [-0.15, -0.1) is 0 Å². The minimum absolute atomic E-state index is 0.243. The van der Waals surface area contributed by atoms with Crippen LogP contribution in [0.5, 0.6) is 23.1 Å². The van der Waals surface area contributed by atoms with Crippen LogP contribution in [0.15, 0.2) is 60.9 Å². The Kier molecular flexibility index (Phi) is 7.45. The van der Waals surface area contributed by atoms with Crippen LogP contribution in [0.4, 0.5) is 10.6 Å². The van der Waals surface area contributed by atoms with Gasteiger partial charge in [-0.2, -0.15) is 0 Å². The average Bonchev–Trinajstić information content (AvgIpc) is 3.11. The summed E-state index contributed by atoms with van der Waals surface area (Å²) in [5, 5.41) is 1.79. The Morgan fingerprint density at radius 3 is 2.37 bits per heavy atom. The monoisotopic (exact) mass is 490 g/mol. The molecule has 1 saturated heterocycles. The van der Waals surface area contributed by atoms with Crippen molar-refractivity contribution in [2.45, 2.75) is 11.1 Å². The maximum absolute atomic E-state index is 11.9. The molecule has 2 radical (unpaired) electrons. The van der Waals surface area contributed by atoms with Gasteiger partial charge < -0.3 is 19.1 Å². The first-order valence-corrected chi connectivity index (χ1v) is 11.6. The summed E-state index contributed by atoms with van der Waals surface area (Å²) < 4.78 is 15.5. The van der Waals surface area contributed by atoms with E-state index in [9.17, 15) is 9.59 Å². The van der Waals surface area contributed by atoms with Crippen LogP contribution in [0, 0.1) is 0 Å². The van der Waals surface area contributed by atoms with Crippen LogP contribution in [-0.4, -0.2) is 60.9 Å². The van der Waals surface area contributed by atoms with Gasteiger partial charge in [0.05, 0.1) is 18.3 Å². The number of carbonyl (C=O) groups is 2. The molecule has 3 aromatic rings. The SMILES string of the molecule is [B][C@@]1(Cc2ccc(OCCN(C)c3cc(Oc4ccc(OC)cc4)ncn3)cc2)SC(=O)NC1=O. The molecule has 1 fully saturated rings. The molecular weight excluding hydrogens is 467 g/mol. The third-order valence-electron chi connectivity index (χ3n) is 5.26. The van der Waals surface area contributed by atoms with Crippen LogP contribution in [0.25, 0.3) is 0 Å². The second kappa shape index (κ2) is 10.7. The molecule has 0 aliphatic carbocycles. The maximum atomic E-state index is 11.9. The Hall–Kier alpha value is -3.73. The number of thioether (sulfide) groups is 1. The Morgan fingerprint density at radius 2 is 1.71 bits per heavy atom. The number of amides is 2. The number of likely N-dealkylation sites (N-methyl/N-ethyl adjacent to an activating group) is 1.